The van der Waals surface area contributed by atoms with Crippen molar-refractivity contribution >= 4 is 10.1 Å². The second-order valence-electron chi connectivity index (χ2n) is 5.80. The molecule has 4 nitrogen and oxygen atoms in total. The predicted molar refractivity (Wildman–Crippen MR) is 96.6 cm³/mol. The molecule has 5 heteroatoms. The van der Waals surface area contributed by atoms with Gasteiger partial charge in [0.1, 0.15) is 10.9 Å². The second-order valence-corrected chi connectivity index (χ2v) is 7.31. The van der Waals surface area contributed by atoms with Crippen LogP contribution >= 0.6 is 0 Å². The normalized spacial score (nSPS) is 13.4. The minimum absolute atomic E-state index is 0.306. The van der Waals surface area contributed by atoms with Crippen LogP contribution in [0.1, 0.15) is 21.9 Å². The smallest absolute Gasteiger partial charge is 0.275 e. The molecule has 0 amide bonds. The highest BCUT2D eigenvalue weighted by Crippen LogP contribution is 2.45. The lowest BCUT2D eigenvalue weighted by atomic mass is 9.81. The molecule has 0 radical (unpaired) electrons. The molecule has 128 valence electrons. The molecule has 0 aliphatic carbocycles. The highest BCUT2D eigenvalue weighted by Gasteiger charge is 2.48. The maximum absolute atomic E-state index is 12.3. The predicted octanol–water partition coefficient (Wildman–Crippen LogP) is 3.55. The molecule has 0 saturated heterocycles. The van der Waals surface area contributed by atoms with Crippen molar-refractivity contribution in [3.8, 4) is 0 Å². The molecule has 0 aromatic heterocycles. The summed E-state index contributed by atoms with van der Waals surface area (Å²) in [6, 6.07) is 25.3. The molecule has 3 rings (SSSR count). The van der Waals surface area contributed by atoms with Gasteiger partial charge in [0.05, 0.1) is 0 Å². The summed E-state index contributed by atoms with van der Waals surface area (Å²) in [5.74, 6) is 0. The quantitative estimate of drug-likeness (QED) is 0.687. The zero-order valence-corrected chi connectivity index (χ0v) is 14.2. The van der Waals surface area contributed by atoms with Gasteiger partial charge in [-0.15, -0.1) is 0 Å². The Morgan fingerprint density at radius 1 is 0.680 bits per heavy atom. The SMILES string of the molecule is O=S(=O)(O)C(c1ccccc1)C(O)(c1ccccc1)c1ccccc1. The molecule has 1 atom stereocenters. The number of benzene rings is 3. The summed E-state index contributed by atoms with van der Waals surface area (Å²) in [5.41, 5.74) is -0.877. The van der Waals surface area contributed by atoms with Crippen LogP contribution in [-0.4, -0.2) is 18.1 Å². The standard InChI is InChI=1S/C20H18O4S/c21-20(17-12-6-2-7-13-17,18-14-8-3-9-15-18)19(25(22,23)24)16-10-4-1-5-11-16/h1-15,19,21H,(H,22,23,24). The summed E-state index contributed by atoms with van der Waals surface area (Å²) in [4.78, 5) is 0. The summed E-state index contributed by atoms with van der Waals surface area (Å²) >= 11 is 0. The topological polar surface area (TPSA) is 74.6 Å². The van der Waals surface area contributed by atoms with Gasteiger partial charge in [0.15, 0.2) is 0 Å². The lowest BCUT2D eigenvalue weighted by molar-refractivity contribution is 0.0720. The van der Waals surface area contributed by atoms with Crippen molar-refractivity contribution in [2.75, 3.05) is 0 Å². The van der Waals surface area contributed by atoms with Gasteiger partial charge >= 0.3 is 0 Å². The Morgan fingerprint density at radius 2 is 1.04 bits per heavy atom. The molecule has 0 aliphatic heterocycles. The molecule has 0 saturated carbocycles. The first-order valence-electron chi connectivity index (χ1n) is 7.78. The van der Waals surface area contributed by atoms with Gasteiger partial charge < -0.3 is 5.11 Å². The Balaban J connectivity index is 2.33. The van der Waals surface area contributed by atoms with E-state index in [1.54, 1.807) is 91.0 Å². The lowest BCUT2D eigenvalue weighted by Crippen LogP contribution is -2.39. The van der Waals surface area contributed by atoms with Crippen LogP contribution in [0.2, 0.25) is 0 Å². The highest BCUT2D eigenvalue weighted by molar-refractivity contribution is 7.86. The van der Waals surface area contributed by atoms with Crippen molar-refractivity contribution in [1.82, 2.24) is 0 Å². The molecule has 0 heterocycles. The second kappa shape index (κ2) is 6.80. The number of rotatable bonds is 5. The van der Waals surface area contributed by atoms with Gasteiger partial charge in [-0.2, -0.15) is 8.42 Å². The van der Waals surface area contributed by atoms with Gasteiger partial charge in [0.2, 0.25) is 0 Å². The minimum atomic E-state index is -4.62. The van der Waals surface area contributed by atoms with Crippen LogP contribution in [0.25, 0.3) is 0 Å². The van der Waals surface area contributed by atoms with Crippen molar-refractivity contribution in [1.29, 1.82) is 0 Å². The van der Waals surface area contributed by atoms with Gasteiger partial charge in [-0.05, 0) is 16.7 Å². The van der Waals surface area contributed by atoms with E-state index in [4.69, 9.17) is 0 Å². The lowest BCUT2D eigenvalue weighted by Gasteiger charge is -2.35. The van der Waals surface area contributed by atoms with E-state index in [1.807, 2.05) is 0 Å². The number of hydrogen-bond acceptors (Lipinski definition) is 3. The summed E-state index contributed by atoms with van der Waals surface area (Å²) in [7, 11) is -4.62. The fourth-order valence-electron chi connectivity index (χ4n) is 3.11. The summed E-state index contributed by atoms with van der Waals surface area (Å²) < 4.78 is 34.6. The van der Waals surface area contributed by atoms with Crippen LogP contribution in [0.4, 0.5) is 0 Å². The third-order valence-corrected chi connectivity index (χ3v) is 5.42. The molecule has 0 aliphatic rings. The van der Waals surface area contributed by atoms with Crippen molar-refractivity contribution in [3.05, 3.63) is 108 Å². The van der Waals surface area contributed by atoms with E-state index in [0.717, 1.165) is 0 Å². The Kier molecular flexibility index (Phi) is 4.72. The Labute approximate surface area is 147 Å². The average Bonchev–Trinajstić information content (AvgIpc) is 2.63. The molecule has 3 aromatic rings. The van der Waals surface area contributed by atoms with E-state index in [0.29, 0.717) is 16.7 Å². The molecule has 0 fully saturated rings. The van der Waals surface area contributed by atoms with Crippen LogP contribution in [0.15, 0.2) is 91.0 Å². The van der Waals surface area contributed by atoms with Crippen LogP contribution in [0, 0.1) is 0 Å². The van der Waals surface area contributed by atoms with Gasteiger partial charge in [-0.1, -0.05) is 91.0 Å². The maximum Gasteiger partial charge on any atom is 0.275 e. The molecule has 1 unspecified atom stereocenters. The first kappa shape index (κ1) is 17.4. The molecule has 0 spiro atoms. The number of aliphatic hydroxyl groups is 1. The Bertz CT molecular complexity index is 884. The van der Waals surface area contributed by atoms with E-state index < -0.39 is 21.0 Å². The van der Waals surface area contributed by atoms with Gasteiger partial charge in [0, 0.05) is 0 Å². The van der Waals surface area contributed by atoms with Crippen LogP contribution in [0.5, 0.6) is 0 Å². The average molecular weight is 354 g/mol. The van der Waals surface area contributed by atoms with E-state index in [-0.39, 0.29) is 0 Å². The fourth-order valence-corrected chi connectivity index (χ4v) is 4.31. The van der Waals surface area contributed by atoms with E-state index in [1.165, 1.54) is 0 Å². The zero-order chi connectivity index (χ0) is 17.9. The highest BCUT2D eigenvalue weighted by atomic mass is 32.2. The van der Waals surface area contributed by atoms with Crippen molar-refractivity contribution < 1.29 is 18.1 Å². The molecule has 0 bridgehead atoms. The van der Waals surface area contributed by atoms with Gasteiger partial charge in [-0.25, -0.2) is 0 Å². The van der Waals surface area contributed by atoms with E-state index in [9.17, 15) is 18.1 Å². The van der Waals surface area contributed by atoms with E-state index in [2.05, 4.69) is 0 Å². The zero-order valence-electron chi connectivity index (χ0n) is 13.4. The van der Waals surface area contributed by atoms with Crippen molar-refractivity contribution in [2.45, 2.75) is 10.9 Å². The van der Waals surface area contributed by atoms with Crippen molar-refractivity contribution in [2.24, 2.45) is 0 Å². The number of hydrogen-bond donors (Lipinski definition) is 2. The Morgan fingerprint density at radius 3 is 1.40 bits per heavy atom. The summed E-state index contributed by atoms with van der Waals surface area (Å²) in [6.07, 6.45) is 0. The molecule has 3 aromatic carbocycles. The summed E-state index contributed by atoms with van der Waals surface area (Å²) in [5, 5.41) is 10.1. The van der Waals surface area contributed by atoms with Crippen LogP contribution in [-0.2, 0) is 15.7 Å². The maximum atomic E-state index is 12.3. The first-order valence-corrected chi connectivity index (χ1v) is 9.29. The Hall–Kier alpha value is -2.47. The fraction of sp³-hybridized carbons (Fsp3) is 0.100. The summed E-state index contributed by atoms with van der Waals surface area (Å²) in [6.45, 7) is 0. The first-order chi connectivity index (χ1) is 11.9. The molecular formula is C20H18O4S. The largest absolute Gasteiger partial charge is 0.379 e. The van der Waals surface area contributed by atoms with Crippen LogP contribution < -0.4 is 0 Å². The minimum Gasteiger partial charge on any atom is -0.379 e. The van der Waals surface area contributed by atoms with Crippen LogP contribution in [0.3, 0.4) is 0 Å². The van der Waals surface area contributed by atoms with Gasteiger partial charge in [0.25, 0.3) is 10.1 Å². The molecule has 2 N–H and O–H groups in total. The monoisotopic (exact) mass is 354 g/mol. The molecule has 25 heavy (non-hydrogen) atoms. The van der Waals surface area contributed by atoms with Crippen molar-refractivity contribution in [3.63, 3.8) is 0 Å². The molecular weight excluding hydrogens is 336 g/mol. The van der Waals surface area contributed by atoms with Gasteiger partial charge in [-0.3, -0.25) is 4.55 Å². The third-order valence-electron chi connectivity index (χ3n) is 4.21. The third kappa shape index (κ3) is 3.35. The van der Waals surface area contributed by atoms with E-state index >= 15 is 0 Å².